The van der Waals surface area contributed by atoms with Crippen molar-refractivity contribution in [1.29, 1.82) is 0 Å². The minimum absolute atomic E-state index is 0.495. The molecule has 0 nitrogen and oxygen atoms in total. The SMILES string of the molecule is CCCC(F)C=CC(F)CCC. The van der Waals surface area contributed by atoms with Gasteiger partial charge in [0.25, 0.3) is 0 Å². The van der Waals surface area contributed by atoms with Crippen LogP contribution in [0.15, 0.2) is 12.2 Å². The predicted octanol–water partition coefficient (Wildman–Crippen LogP) is 3.82. The molecule has 2 atom stereocenters. The Balaban J connectivity index is 3.57. The van der Waals surface area contributed by atoms with E-state index in [9.17, 15) is 8.78 Å². The predicted molar refractivity (Wildman–Crippen MR) is 48.7 cm³/mol. The maximum Gasteiger partial charge on any atom is 0.118 e. The van der Waals surface area contributed by atoms with Gasteiger partial charge in [0.1, 0.15) is 12.3 Å². The summed E-state index contributed by atoms with van der Waals surface area (Å²) in [6.45, 7) is 3.83. The highest BCUT2D eigenvalue weighted by Gasteiger charge is 2.02. The van der Waals surface area contributed by atoms with E-state index >= 15 is 0 Å². The van der Waals surface area contributed by atoms with Crippen LogP contribution in [0.3, 0.4) is 0 Å². The molecule has 0 aliphatic carbocycles. The average molecular weight is 176 g/mol. The van der Waals surface area contributed by atoms with Gasteiger partial charge >= 0.3 is 0 Å². The van der Waals surface area contributed by atoms with Crippen LogP contribution in [0.4, 0.5) is 8.78 Å². The monoisotopic (exact) mass is 176 g/mol. The van der Waals surface area contributed by atoms with E-state index in [0.29, 0.717) is 12.8 Å². The fourth-order valence-electron chi connectivity index (χ4n) is 0.985. The molecule has 0 N–H and O–H groups in total. The summed E-state index contributed by atoms with van der Waals surface area (Å²) in [5.41, 5.74) is 0. The summed E-state index contributed by atoms with van der Waals surface area (Å²) in [7, 11) is 0. The Morgan fingerprint density at radius 3 is 1.50 bits per heavy atom. The fraction of sp³-hybridized carbons (Fsp3) is 0.800. The summed E-state index contributed by atoms with van der Waals surface area (Å²) in [6.07, 6.45) is 3.33. The smallest absolute Gasteiger partial charge is 0.118 e. The van der Waals surface area contributed by atoms with Crippen molar-refractivity contribution >= 4 is 0 Å². The number of rotatable bonds is 6. The summed E-state index contributed by atoms with van der Waals surface area (Å²) in [5.74, 6) is 0. The fourth-order valence-corrected chi connectivity index (χ4v) is 0.985. The van der Waals surface area contributed by atoms with Crippen molar-refractivity contribution in [3.8, 4) is 0 Å². The zero-order chi connectivity index (χ0) is 9.40. The van der Waals surface area contributed by atoms with Crippen LogP contribution in [-0.4, -0.2) is 12.3 Å². The number of allylic oxidation sites excluding steroid dienone is 2. The van der Waals surface area contributed by atoms with E-state index in [1.54, 1.807) is 0 Å². The van der Waals surface area contributed by atoms with Crippen LogP contribution in [0.2, 0.25) is 0 Å². The van der Waals surface area contributed by atoms with E-state index in [1.165, 1.54) is 12.2 Å². The third-order valence-corrected chi connectivity index (χ3v) is 1.66. The molecule has 0 aromatic rings. The van der Waals surface area contributed by atoms with Gasteiger partial charge in [0.2, 0.25) is 0 Å². The number of halogens is 2. The molecule has 0 aromatic heterocycles. The lowest BCUT2D eigenvalue weighted by molar-refractivity contribution is 0.355. The first-order valence-corrected chi connectivity index (χ1v) is 4.67. The first kappa shape index (κ1) is 11.6. The van der Waals surface area contributed by atoms with Crippen LogP contribution in [0.1, 0.15) is 39.5 Å². The second-order valence-electron chi connectivity index (χ2n) is 2.99. The van der Waals surface area contributed by atoms with Crippen molar-refractivity contribution in [3.63, 3.8) is 0 Å². The van der Waals surface area contributed by atoms with Crippen molar-refractivity contribution in [2.24, 2.45) is 0 Å². The van der Waals surface area contributed by atoms with Gasteiger partial charge in [0, 0.05) is 0 Å². The van der Waals surface area contributed by atoms with Crippen molar-refractivity contribution in [2.45, 2.75) is 51.9 Å². The van der Waals surface area contributed by atoms with Crippen molar-refractivity contribution < 1.29 is 8.78 Å². The van der Waals surface area contributed by atoms with E-state index in [4.69, 9.17) is 0 Å². The molecule has 0 amide bonds. The van der Waals surface area contributed by atoms with Gasteiger partial charge in [-0.3, -0.25) is 0 Å². The van der Waals surface area contributed by atoms with Gasteiger partial charge in [-0.25, -0.2) is 8.78 Å². The van der Waals surface area contributed by atoms with Crippen molar-refractivity contribution in [3.05, 3.63) is 12.2 Å². The average Bonchev–Trinajstić information content (AvgIpc) is 2.02. The van der Waals surface area contributed by atoms with Gasteiger partial charge in [0.15, 0.2) is 0 Å². The molecular formula is C10H18F2. The van der Waals surface area contributed by atoms with Crippen LogP contribution in [-0.2, 0) is 0 Å². The largest absolute Gasteiger partial charge is 0.243 e. The molecule has 0 aliphatic heterocycles. The zero-order valence-corrected chi connectivity index (χ0v) is 7.89. The Labute approximate surface area is 73.7 Å². The minimum atomic E-state index is -0.967. The minimum Gasteiger partial charge on any atom is -0.243 e. The normalized spacial score (nSPS) is 16.7. The third-order valence-electron chi connectivity index (χ3n) is 1.66. The Bertz CT molecular complexity index is 107. The number of hydrogen-bond acceptors (Lipinski definition) is 0. The molecule has 12 heavy (non-hydrogen) atoms. The molecule has 0 fully saturated rings. The second-order valence-corrected chi connectivity index (χ2v) is 2.99. The van der Waals surface area contributed by atoms with Gasteiger partial charge in [0.05, 0.1) is 0 Å². The maximum atomic E-state index is 12.8. The highest BCUT2D eigenvalue weighted by molar-refractivity contribution is 4.93. The Morgan fingerprint density at radius 1 is 0.917 bits per heavy atom. The second kappa shape index (κ2) is 7.26. The molecule has 2 heteroatoms. The van der Waals surface area contributed by atoms with Gasteiger partial charge in [-0.2, -0.15) is 0 Å². The van der Waals surface area contributed by atoms with Crippen LogP contribution in [0.25, 0.3) is 0 Å². The van der Waals surface area contributed by atoms with Crippen LogP contribution >= 0.6 is 0 Å². The molecule has 0 spiro atoms. The summed E-state index contributed by atoms with van der Waals surface area (Å²) < 4.78 is 25.5. The lowest BCUT2D eigenvalue weighted by atomic mass is 10.1. The van der Waals surface area contributed by atoms with Gasteiger partial charge in [-0.15, -0.1) is 0 Å². The summed E-state index contributed by atoms with van der Waals surface area (Å²) in [5, 5.41) is 0. The van der Waals surface area contributed by atoms with Crippen LogP contribution < -0.4 is 0 Å². The first-order chi connectivity index (χ1) is 5.70. The highest BCUT2D eigenvalue weighted by atomic mass is 19.1. The Morgan fingerprint density at radius 2 is 1.25 bits per heavy atom. The summed E-state index contributed by atoms with van der Waals surface area (Å²) in [6, 6.07) is 0. The van der Waals surface area contributed by atoms with E-state index in [1.807, 2.05) is 13.8 Å². The van der Waals surface area contributed by atoms with Gasteiger partial charge in [-0.1, -0.05) is 38.8 Å². The first-order valence-electron chi connectivity index (χ1n) is 4.67. The number of alkyl halides is 2. The lowest BCUT2D eigenvalue weighted by Gasteiger charge is -2.01. The standard InChI is InChI=1S/C10H18F2/c1-3-5-9(11)7-8-10(12)6-4-2/h7-10H,3-6H2,1-2H3. The summed E-state index contributed by atoms with van der Waals surface area (Å²) in [4.78, 5) is 0. The Kier molecular flexibility index (Phi) is 7.02. The van der Waals surface area contributed by atoms with Crippen LogP contribution in [0, 0.1) is 0 Å². The maximum absolute atomic E-state index is 12.8. The van der Waals surface area contributed by atoms with Crippen LogP contribution in [0.5, 0.6) is 0 Å². The number of hydrogen-bond donors (Lipinski definition) is 0. The molecule has 0 rings (SSSR count). The molecule has 0 aliphatic rings. The van der Waals surface area contributed by atoms with Gasteiger partial charge < -0.3 is 0 Å². The molecule has 0 saturated carbocycles. The Hall–Kier alpha value is -0.400. The van der Waals surface area contributed by atoms with E-state index in [0.717, 1.165) is 12.8 Å². The molecular weight excluding hydrogens is 158 g/mol. The third kappa shape index (κ3) is 6.32. The van der Waals surface area contributed by atoms with E-state index < -0.39 is 12.3 Å². The van der Waals surface area contributed by atoms with Gasteiger partial charge in [-0.05, 0) is 12.8 Å². The van der Waals surface area contributed by atoms with E-state index in [2.05, 4.69) is 0 Å². The quantitative estimate of drug-likeness (QED) is 0.540. The summed E-state index contributed by atoms with van der Waals surface area (Å²) >= 11 is 0. The molecule has 0 aromatic carbocycles. The molecule has 72 valence electrons. The van der Waals surface area contributed by atoms with E-state index in [-0.39, 0.29) is 0 Å². The zero-order valence-electron chi connectivity index (χ0n) is 7.89. The lowest BCUT2D eigenvalue weighted by Crippen LogP contribution is -1.98. The molecule has 0 saturated heterocycles. The topological polar surface area (TPSA) is 0 Å². The molecule has 0 bridgehead atoms. The molecule has 0 heterocycles. The van der Waals surface area contributed by atoms with Crippen molar-refractivity contribution in [1.82, 2.24) is 0 Å². The molecule has 2 unspecified atom stereocenters. The molecule has 0 radical (unpaired) electrons. The van der Waals surface area contributed by atoms with Crippen molar-refractivity contribution in [2.75, 3.05) is 0 Å². The highest BCUT2D eigenvalue weighted by Crippen LogP contribution is 2.07.